The van der Waals surface area contributed by atoms with Crippen LogP contribution in [-0.2, 0) is 0 Å². The summed E-state index contributed by atoms with van der Waals surface area (Å²) in [6, 6.07) is 10.4. The summed E-state index contributed by atoms with van der Waals surface area (Å²) in [6.07, 6.45) is 14.7. The molecule has 2 aliphatic carbocycles. The molecule has 0 N–H and O–H groups in total. The van der Waals surface area contributed by atoms with Crippen molar-refractivity contribution in [1.82, 2.24) is 0 Å². The second kappa shape index (κ2) is 10.5. The van der Waals surface area contributed by atoms with Gasteiger partial charge in [0.2, 0.25) is 0 Å². The number of halogens is 2. The molecule has 0 aliphatic heterocycles. The van der Waals surface area contributed by atoms with Crippen molar-refractivity contribution in [3.8, 4) is 11.8 Å². The molecule has 0 aromatic heterocycles. The summed E-state index contributed by atoms with van der Waals surface area (Å²) < 4.78 is 28.5. The summed E-state index contributed by atoms with van der Waals surface area (Å²) in [5.41, 5.74) is 2.65. The van der Waals surface area contributed by atoms with E-state index in [-0.39, 0.29) is 11.6 Å². The van der Waals surface area contributed by atoms with Crippen LogP contribution in [0.1, 0.15) is 86.5 Å². The molecule has 2 saturated carbocycles. The van der Waals surface area contributed by atoms with Gasteiger partial charge in [0, 0.05) is 5.56 Å². The van der Waals surface area contributed by atoms with Crippen LogP contribution in [0.5, 0.6) is 0 Å². The lowest BCUT2D eigenvalue weighted by molar-refractivity contribution is 0.115. The molecule has 2 aliphatic rings. The lowest BCUT2D eigenvalue weighted by Crippen LogP contribution is -2.30. The number of aryl methyl sites for hydroxylation is 1. The number of rotatable bonds is 4. The highest BCUT2D eigenvalue weighted by Gasteiger charge is 2.35. The molecule has 2 aromatic carbocycles. The minimum atomic E-state index is -0.282. The van der Waals surface area contributed by atoms with E-state index in [1.807, 2.05) is 0 Å². The molecule has 4 unspecified atom stereocenters. The van der Waals surface area contributed by atoms with Gasteiger partial charge in [0.05, 0.1) is 5.56 Å². The van der Waals surface area contributed by atoms with E-state index in [2.05, 4.69) is 37.0 Å². The van der Waals surface area contributed by atoms with Gasteiger partial charge < -0.3 is 0 Å². The van der Waals surface area contributed by atoms with Gasteiger partial charge in [-0.1, -0.05) is 42.5 Å². The van der Waals surface area contributed by atoms with Crippen LogP contribution < -0.4 is 0 Å². The monoisotopic (exact) mass is 432 g/mol. The lowest BCUT2D eigenvalue weighted by atomic mass is 9.63. The van der Waals surface area contributed by atoms with E-state index in [4.69, 9.17) is 0 Å². The molecule has 0 radical (unpaired) electrons. The normalized spacial score (nSPS) is 25.2. The molecular weight excluding hydrogens is 398 g/mol. The first-order valence-electron chi connectivity index (χ1n) is 12.2. The minimum Gasteiger partial charge on any atom is -0.207 e. The van der Waals surface area contributed by atoms with Gasteiger partial charge in [0.1, 0.15) is 11.6 Å². The zero-order valence-electron chi connectivity index (χ0n) is 19.3. The maximum atomic E-state index is 14.8. The van der Waals surface area contributed by atoms with Crippen LogP contribution in [0, 0.1) is 48.2 Å². The second-order valence-corrected chi connectivity index (χ2v) is 9.81. The molecule has 2 aromatic rings. The Morgan fingerprint density at radius 3 is 2.50 bits per heavy atom. The fraction of sp³-hybridized carbons (Fsp3) is 0.467. The molecule has 4 rings (SSSR count). The molecular formula is C30H34F2. The SMILES string of the molecule is C/C=C/CCC1CCC2CC(c3ccc(C#Cc4ccc(C)c(F)c4)c(F)c3)CCC2C1. The molecule has 0 spiro atoms. The minimum absolute atomic E-state index is 0.266. The van der Waals surface area contributed by atoms with Crippen LogP contribution in [0.2, 0.25) is 0 Å². The van der Waals surface area contributed by atoms with Crippen molar-refractivity contribution in [1.29, 1.82) is 0 Å². The fourth-order valence-electron chi connectivity index (χ4n) is 5.75. The molecule has 0 heterocycles. The summed E-state index contributed by atoms with van der Waals surface area (Å²) in [4.78, 5) is 0. The summed E-state index contributed by atoms with van der Waals surface area (Å²) in [5, 5.41) is 0. The summed E-state index contributed by atoms with van der Waals surface area (Å²) in [6.45, 7) is 3.82. The molecule has 4 atom stereocenters. The topological polar surface area (TPSA) is 0 Å². The lowest BCUT2D eigenvalue weighted by Gasteiger charge is -2.42. The third kappa shape index (κ3) is 5.50. The number of fused-ring (bicyclic) bond motifs is 1. The molecule has 2 heteroatoms. The molecule has 0 saturated heterocycles. The largest absolute Gasteiger partial charge is 0.207 e. The average Bonchev–Trinajstić information content (AvgIpc) is 2.80. The van der Waals surface area contributed by atoms with E-state index in [1.54, 1.807) is 31.2 Å². The van der Waals surface area contributed by atoms with E-state index >= 15 is 0 Å². The highest BCUT2D eigenvalue weighted by Crippen LogP contribution is 2.48. The van der Waals surface area contributed by atoms with Gasteiger partial charge in [-0.05, 0) is 118 Å². The standard InChI is InChI=1S/C30H34F2/c1-3-4-5-6-22-10-12-26-19-27(16-15-25(26)17-22)28-14-13-24(30(32)20-28)11-9-23-8-7-21(2)29(31)18-23/h3-4,7-8,13-14,18,20,22,25-27H,5-6,10,12,15-17,19H2,1-2H3/b4-3+. The van der Waals surface area contributed by atoms with Crippen LogP contribution in [0.4, 0.5) is 8.78 Å². The van der Waals surface area contributed by atoms with Crippen LogP contribution in [0.25, 0.3) is 0 Å². The Hall–Kier alpha value is -2.40. The quantitative estimate of drug-likeness (QED) is 0.336. The van der Waals surface area contributed by atoms with Gasteiger partial charge in [-0.3, -0.25) is 0 Å². The predicted molar refractivity (Wildman–Crippen MR) is 128 cm³/mol. The highest BCUT2D eigenvalue weighted by molar-refractivity contribution is 5.45. The molecule has 32 heavy (non-hydrogen) atoms. The number of hydrogen-bond donors (Lipinski definition) is 0. The summed E-state index contributed by atoms with van der Waals surface area (Å²) in [7, 11) is 0. The van der Waals surface area contributed by atoms with Crippen molar-refractivity contribution < 1.29 is 8.78 Å². The molecule has 2 fully saturated rings. The van der Waals surface area contributed by atoms with Crippen LogP contribution >= 0.6 is 0 Å². The van der Waals surface area contributed by atoms with Crippen molar-refractivity contribution in [2.75, 3.05) is 0 Å². The average molecular weight is 433 g/mol. The van der Waals surface area contributed by atoms with Gasteiger partial charge >= 0.3 is 0 Å². The molecule has 0 bridgehead atoms. The van der Waals surface area contributed by atoms with Gasteiger partial charge in [0.25, 0.3) is 0 Å². The Kier molecular flexibility index (Phi) is 7.46. The molecule has 0 nitrogen and oxygen atoms in total. The zero-order chi connectivity index (χ0) is 22.5. The maximum Gasteiger partial charge on any atom is 0.139 e. The van der Waals surface area contributed by atoms with Crippen molar-refractivity contribution in [2.45, 2.75) is 71.1 Å². The highest BCUT2D eigenvalue weighted by atomic mass is 19.1. The van der Waals surface area contributed by atoms with Crippen molar-refractivity contribution in [3.05, 3.63) is 82.4 Å². The number of allylic oxidation sites excluding steroid dienone is 2. The first-order chi connectivity index (χ1) is 15.5. The van der Waals surface area contributed by atoms with Crippen LogP contribution in [0.3, 0.4) is 0 Å². The van der Waals surface area contributed by atoms with Gasteiger partial charge in [-0.15, -0.1) is 0 Å². The number of hydrogen-bond acceptors (Lipinski definition) is 0. The van der Waals surface area contributed by atoms with Crippen molar-refractivity contribution >= 4 is 0 Å². The summed E-state index contributed by atoms with van der Waals surface area (Å²) >= 11 is 0. The Morgan fingerprint density at radius 2 is 1.72 bits per heavy atom. The third-order valence-electron chi connectivity index (χ3n) is 7.68. The number of benzene rings is 2. The molecule has 0 amide bonds. The first kappa shape index (κ1) is 22.8. The van der Waals surface area contributed by atoms with E-state index in [0.717, 1.165) is 29.7 Å². The van der Waals surface area contributed by atoms with Crippen LogP contribution in [-0.4, -0.2) is 0 Å². The maximum absolute atomic E-state index is 14.8. The van der Waals surface area contributed by atoms with Gasteiger partial charge in [0.15, 0.2) is 0 Å². The Morgan fingerprint density at radius 1 is 0.906 bits per heavy atom. The van der Waals surface area contributed by atoms with Crippen LogP contribution in [0.15, 0.2) is 48.6 Å². The Balaban J connectivity index is 1.38. The van der Waals surface area contributed by atoms with Gasteiger partial charge in [-0.25, -0.2) is 8.78 Å². The van der Waals surface area contributed by atoms with E-state index in [1.165, 1.54) is 51.0 Å². The zero-order valence-corrected chi connectivity index (χ0v) is 19.3. The third-order valence-corrected chi connectivity index (χ3v) is 7.68. The Bertz CT molecular complexity index is 1020. The van der Waals surface area contributed by atoms with Crippen molar-refractivity contribution in [2.24, 2.45) is 17.8 Å². The predicted octanol–water partition coefficient (Wildman–Crippen LogP) is 8.33. The van der Waals surface area contributed by atoms with E-state index in [0.29, 0.717) is 22.6 Å². The second-order valence-electron chi connectivity index (χ2n) is 9.81. The van der Waals surface area contributed by atoms with Gasteiger partial charge in [-0.2, -0.15) is 0 Å². The fourth-order valence-corrected chi connectivity index (χ4v) is 5.75. The van der Waals surface area contributed by atoms with E-state index < -0.39 is 0 Å². The Labute approximate surface area is 192 Å². The van der Waals surface area contributed by atoms with Crippen molar-refractivity contribution in [3.63, 3.8) is 0 Å². The molecule has 168 valence electrons. The smallest absolute Gasteiger partial charge is 0.139 e. The first-order valence-corrected chi connectivity index (χ1v) is 12.2. The summed E-state index contributed by atoms with van der Waals surface area (Å²) in [5.74, 6) is 8.23. The van der Waals surface area contributed by atoms with E-state index in [9.17, 15) is 8.78 Å².